The van der Waals surface area contributed by atoms with Crippen molar-refractivity contribution in [2.45, 2.75) is 34.2 Å². The monoisotopic (exact) mass is 394 g/mol. The van der Waals surface area contributed by atoms with Gasteiger partial charge in [0.15, 0.2) is 5.82 Å². The van der Waals surface area contributed by atoms with E-state index in [9.17, 15) is 10.1 Å². The number of hydrogen-bond acceptors (Lipinski definition) is 7. The van der Waals surface area contributed by atoms with Gasteiger partial charge in [0.1, 0.15) is 23.0 Å². The van der Waals surface area contributed by atoms with Crippen LogP contribution in [0.15, 0.2) is 35.0 Å². The SMILES string of the molecule is C=C(N)c1nn(CC)c(N=Nc2ccc(N(CC)CC)cc2NC(C)=O)c1C#N. The average Bonchev–Trinajstić information content (AvgIpc) is 3.05. The van der Waals surface area contributed by atoms with E-state index in [-0.39, 0.29) is 23.0 Å². The number of carbonyl (C=O) groups excluding carboxylic acids is 1. The van der Waals surface area contributed by atoms with Gasteiger partial charge >= 0.3 is 0 Å². The van der Waals surface area contributed by atoms with Crippen molar-refractivity contribution < 1.29 is 4.79 Å². The van der Waals surface area contributed by atoms with Gasteiger partial charge in [-0.05, 0) is 39.0 Å². The molecule has 0 fully saturated rings. The smallest absolute Gasteiger partial charge is 0.221 e. The van der Waals surface area contributed by atoms with Crippen molar-refractivity contribution in [1.82, 2.24) is 9.78 Å². The summed E-state index contributed by atoms with van der Waals surface area (Å²) in [6.07, 6.45) is 0. The second kappa shape index (κ2) is 9.50. The molecule has 2 aromatic rings. The standard InChI is InChI=1S/C20H26N8O/c1-6-27(7-2)15-9-10-17(18(11-15)23-14(5)29)24-25-20-16(12-21)19(13(4)22)26-28(20)8-3/h9-11H,4,6-8,22H2,1-3,5H3,(H,23,29). The van der Waals surface area contributed by atoms with Gasteiger partial charge in [-0.25, -0.2) is 4.68 Å². The number of nitrogens with zero attached hydrogens (tertiary/aromatic N) is 6. The number of anilines is 2. The number of nitrogens with one attached hydrogen (secondary N) is 1. The van der Waals surface area contributed by atoms with Crippen LogP contribution in [0.3, 0.4) is 0 Å². The first-order valence-corrected chi connectivity index (χ1v) is 9.40. The highest BCUT2D eigenvalue weighted by molar-refractivity contribution is 5.93. The molecular weight excluding hydrogens is 368 g/mol. The molecule has 9 heteroatoms. The first-order valence-electron chi connectivity index (χ1n) is 9.40. The largest absolute Gasteiger partial charge is 0.397 e. The molecule has 1 aromatic carbocycles. The van der Waals surface area contributed by atoms with E-state index in [4.69, 9.17) is 5.73 Å². The third-order valence-corrected chi connectivity index (χ3v) is 4.31. The molecule has 1 heterocycles. The summed E-state index contributed by atoms with van der Waals surface area (Å²) >= 11 is 0. The third kappa shape index (κ3) is 4.79. The zero-order chi connectivity index (χ0) is 21.6. The lowest BCUT2D eigenvalue weighted by Gasteiger charge is -2.22. The summed E-state index contributed by atoms with van der Waals surface area (Å²) in [6.45, 7) is 13.2. The number of aryl methyl sites for hydroxylation is 1. The van der Waals surface area contributed by atoms with Gasteiger partial charge in [0.25, 0.3) is 0 Å². The lowest BCUT2D eigenvalue weighted by atomic mass is 10.2. The molecule has 3 N–H and O–H groups in total. The van der Waals surface area contributed by atoms with Crippen molar-refractivity contribution in [3.63, 3.8) is 0 Å². The van der Waals surface area contributed by atoms with Crippen molar-refractivity contribution in [3.8, 4) is 6.07 Å². The summed E-state index contributed by atoms with van der Waals surface area (Å²) in [5.41, 5.74) is 8.41. The minimum Gasteiger partial charge on any atom is -0.397 e. The van der Waals surface area contributed by atoms with Crippen LogP contribution in [0.5, 0.6) is 0 Å². The lowest BCUT2D eigenvalue weighted by molar-refractivity contribution is -0.114. The topological polar surface area (TPSA) is 125 Å². The summed E-state index contributed by atoms with van der Waals surface area (Å²) < 4.78 is 1.54. The fourth-order valence-electron chi connectivity index (χ4n) is 2.89. The van der Waals surface area contributed by atoms with Crippen LogP contribution in [-0.2, 0) is 11.3 Å². The molecule has 29 heavy (non-hydrogen) atoms. The normalized spacial score (nSPS) is 10.7. The van der Waals surface area contributed by atoms with Crippen molar-refractivity contribution in [1.29, 1.82) is 5.26 Å². The molecule has 0 unspecified atom stereocenters. The van der Waals surface area contributed by atoms with Crippen LogP contribution >= 0.6 is 0 Å². The molecule has 152 valence electrons. The fourth-order valence-corrected chi connectivity index (χ4v) is 2.89. The molecule has 0 radical (unpaired) electrons. The Morgan fingerprint density at radius 3 is 2.55 bits per heavy atom. The maximum Gasteiger partial charge on any atom is 0.221 e. The van der Waals surface area contributed by atoms with Gasteiger partial charge in [0.05, 0.1) is 11.4 Å². The number of azo groups is 1. The zero-order valence-electron chi connectivity index (χ0n) is 17.2. The highest BCUT2D eigenvalue weighted by Crippen LogP contribution is 2.33. The molecule has 9 nitrogen and oxygen atoms in total. The Hall–Kier alpha value is -3.67. The van der Waals surface area contributed by atoms with E-state index in [1.54, 1.807) is 6.07 Å². The highest BCUT2D eigenvalue weighted by Gasteiger charge is 2.18. The minimum absolute atomic E-state index is 0.188. The van der Waals surface area contributed by atoms with Crippen LogP contribution in [0.1, 0.15) is 39.0 Å². The summed E-state index contributed by atoms with van der Waals surface area (Å²) in [7, 11) is 0. The Labute approximate surface area is 170 Å². The van der Waals surface area contributed by atoms with Crippen LogP contribution in [0.25, 0.3) is 5.70 Å². The Bertz CT molecular complexity index is 979. The lowest BCUT2D eigenvalue weighted by Crippen LogP contribution is -2.21. The third-order valence-electron chi connectivity index (χ3n) is 4.31. The number of benzene rings is 1. The molecule has 0 saturated heterocycles. The van der Waals surface area contributed by atoms with Gasteiger partial charge in [-0.3, -0.25) is 4.79 Å². The number of hydrogen-bond donors (Lipinski definition) is 2. The van der Waals surface area contributed by atoms with Gasteiger partial charge in [-0.15, -0.1) is 10.2 Å². The Balaban J connectivity index is 2.53. The Kier molecular flexibility index (Phi) is 7.09. The highest BCUT2D eigenvalue weighted by atomic mass is 16.1. The number of nitriles is 1. The van der Waals surface area contributed by atoms with Crippen molar-refractivity contribution >= 4 is 34.5 Å². The second-order valence-corrected chi connectivity index (χ2v) is 6.25. The van der Waals surface area contributed by atoms with Crippen molar-refractivity contribution in [3.05, 3.63) is 36.0 Å². The van der Waals surface area contributed by atoms with Gasteiger partial charge < -0.3 is 16.0 Å². The van der Waals surface area contributed by atoms with E-state index in [0.29, 0.717) is 23.6 Å². The summed E-state index contributed by atoms with van der Waals surface area (Å²) in [4.78, 5) is 13.8. The molecule has 0 bridgehead atoms. The molecule has 2 rings (SSSR count). The van der Waals surface area contributed by atoms with Crippen LogP contribution < -0.4 is 16.0 Å². The molecule has 0 atom stereocenters. The summed E-state index contributed by atoms with van der Waals surface area (Å²) in [5, 5.41) is 25.1. The van der Waals surface area contributed by atoms with Gasteiger partial charge in [0, 0.05) is 32.2 Å². The van der Waals surface area contributed by atoms with Gasteiger partial charge in [-0.2, -0.15) is 10.4 Å². The van der Waals surface area contributed by atoms with Gasteiger partial charge in [-0.1, -0.05) is 6.58 Å². The molecule has 1 amide bonds. The summed E-state index contributed by atoms with van der Waals surface area (Å²) in [5.74, 6) is 0.0781. The number of aromatic nitrogens is 2. The van der Waals surface area contributed by atoms with Crippen LogP contribution in [0, 0.1) is 11.3 Å². The molecule has 0 aliphatic rings. The number of carbonyl (C=O) groups is 1. The quantitative estimate of drug-likeness (QED) is 0.656. The van der Waals surface area contributed by atoms with Gasteiger partial charge in [0.2, 0.25) is 5.91 Å². The maximum absolute atomic E-state index is 11.7. The van der Waals surface area contributed by atoms with E-state index in [0.717, 1.165) is 18.8 Å². The molecular formula is C20H26N8O. The molecule has 0 saturated carbocycles. The second-order valence-electron chi connectivity index (χ2n) is 6.25. The number of nitrogens with two attached hydrogens (primary N) is 1. The molecule has 0 spiro atoms. The predicted molar refractivity (Wildman–Crippen MR) is 114 cm³/mol. The Morgan fingerprint density at radius 2 is 2.03 bits per heavy atom. The summed E-state index contributed by atoms with van der Waals surface area (Å²) in [6, 6.07) is 7.63. The van der Waals surface area contributed by atoms with E-state index >= 15 is 0 Å². The minimum atomic E-state index is -0.212. The van der Waals surface area contributed by atoms with Crippen LogP contribution in [-0.4, -0.2) is 28.8 Å². The van der Waals surface area contributed by atoms with Crippen molar-refractivity contribution in [2.24, 2.45) is 16.0 Å². The van der Waals surface area contributed by atoms with Crippen LogP contribution in [0.4, 0.5) is 22.9 Å². The number of rotatable bonds is 8. The van der Waals surface area contributed by atoms with Crippen LogP contribution in [0.2, 0.25) is 0 Å². The zero-order valence-corrected chi connectivity index (χ0v) is 17.2. The van der Waals surface area contributed by atoms with Crippen molar-refractivity contribution in [2.75, 3.05) is 23.3 Å². The first-order chi connectivity index (χ1) is 13.9. The predicted octanol–water partition coefficient (Wildman–Crippen LogP) is 3.92. The number of amides is 1. The maximum atomic E-state index is 11.7. The molecule has 1 aromatic heterocycles. The fraction of sp³-hybridized carbons (Fsp3) is 0.350. The average molecular weight is 394 g/mol. The molecule has 0 aliphatic heterocycles. The van der Waals surface area contributed by atoms with E-state index in [1.807, 2.05) is 19.1 Å². The molecule has 0 aliphatic carbocycles. The van der Waals surface area contributed by atoms with E-state index < -0.39 is 0 Å². The van der Waals surface area contributed by atoms with E-state index in [1.165, 1.54) is 11.6 Å². The Morgan fingerprint density at radius 1 is 1.34 bits per heavy atom. The first kappa shape index (κ1) is 21.6. The van der Waals surface area contributed by atoms with E-state index in [2.05, 4.69) is 52.0 Å².